The molecule has 0 saturated carbocycles. The molecule has 0 aliphatic carbocycles. The minimum atomic E-state index is 0.229. The molecule has 2 fully saturated rings. The first kappa shape index (κ1) is 23.3. The number of piperidine rings is 1. The van der Waals surface area contributed by atoms with Crippen molar-refractivity contribution >= 4 is 41.0 Å². The fourth-order valence-electron chi connectivity index (χ4n) is 4.09. The maximum absolute atomic E-state index is 12.1. The number of thioether (sulfide) groups is 2. The lowest BCUT2D eigenvalue weighted by molar-refractivity contribution is -0.121. The van der Waals surface area contributed by atoms with Gasteiger partial charge in [0.25, 0.3) is 0 Å². The monoisotopic (exact) mass is 454 g/mol. The molecule has 6 heteroatoms. The Bertz CT molecular complexity index is 625. The van der Waals surface area contributed by atoms with E-state index in [1.807, 2.05) is 23.9 Å². The van der Waals surface area contributed by atoms with Crippen LogP contribution in [0.15, 0.2) is 24.3 Å². The number of rotatable bonds is 10. The molecule has 2 aliphatic rings. The summed E-state index contributed by atoms with van der Waals surface area (Å²) in [5.41, 5.74) is 1.33. The number of hydrogen-bond donors (Lipinski definition) is 1. The van der Waals surface area contributed by atoms with E-state index in [-0.39, 0.29) is 5.91 Å². The summed E-state index contributed by atoms with van der Waals surface area (Å²) < 4.78 is 0.496. The van der Waals surface area contributed by atoms with Gasteiger partial charge in [0.05, 0.1) is 4.58 Å². The van der Waals surface area contributed by atoms with Crippen molar-refractivity contribution in [2.24, 2.45) is 0 Å². The normalized spacial score (nSPS) is 23.1. The first-order valence-electron chi connectivity index (χ1n) is 11.2. The largest absolute Gasteiger partial charge is 0.356 e. The van der Waals surface area contributed by atoms with Gasteiger partial charge in [0.2, 0.25) is 5.91 Å². The molecule has 2 saturated heterocycles. The fraction of sp³-hybridized carbons (Fsp3) is 0.696. The first-order chi connectivity index (χ1) is 14.2. The van der Waals surface area contributed by atoms with E-state index in [2.05, 4.69) is 34.1 Å². The van der Waals surface area contributed by atoms with Crippen molar-refractivity contribution in [2.45, 2.75) is 67.6 Å². The van der Waals surface area contributed by atoms with E-state index in [0.29, 0.717) is 16.3 Å². The molecular formula is C23H35ClN2OS2. The highest BCUT2D eigenvalue weighted by Gasteiger charge is 2.24. The van der Waals surface area contributed by atoms with Gasteiger partial charge in [0.1, 0.15) is 0 Å². The zero-order chi connectivity index (χ0) is 20.3. The lowest BCUT2D eigenvalue weighted by Gasteiger charge is -2.28. The minimum absolute atomic E-state index is 0.229. The van der Waals surface area contributed by atoms with Crippen LogP contribution in [0.1, 0.15) is 67.9 Å². The second kappa shape index (κ2) is 13.1. The quantitative estimate of drug-likeness (QED) is 0.431. The molecule has 1 aromatic rings. The standard InChI is InChI=1S/C23H35ClN2OS2/c24-20-9-6-8-19(18-20)23-28-17-12-21(29-23)10-2-3-11-22(27)25-13-7-16-26-14-4-1-5-15-26/h6,8-9,18,21,23H,1-5,7,10-17H2,(H,25,27). The van der Waals surface area contributed by atoms with Gasteiger partial charge in [-0.25, -0.2) is 0 Å². The Labute approximate surface area is 190 Å². The number of unbranched alkanes of at least 4 members (excludes halogenated alkanes) is 1. The van der Waals surface area contributed by atoms with E-state index in [0.717, 1.165) is 37.4 Å². The lowest BCUT2D eigenvalue weighted by Crippen LogP contribution is -2.33. The third-order valence-corrected chi connectivity index (χ3v) is 9.15. The maximum atomic E-state index is 12.1. The number of halogens is 1. The second-order valence-corrected chi connectivity index (χ2v) is 11.5. The summed E-state index contributed by atoms with van der Waals surface area (Å²) >= 11 is 10.3. The summed E-state index contributed by atoms with van der Waals surface area (Å²) in [4.78, 5) is 14.6. The predicted molar refractivity (Wildman–Crippen MR) is 129 cm³/mol. The molecule has 3 rings (SSSR count). The van der Waals surface area contributed by atoms with Gasteiger partial charge in [-0.1, -0.05) is 36.6 Å². The van der Waals surface area contributed by atoms with Crippen LogP contribution in [0.2, 0.25) is 5.02 Å². The third-order valence-electron chi connectivity index (χ3n) is 5.75. The predicted octanol–water partition coefficient (Wildman–Crippen LogP) is 6.13. The van der Waals surface area contributed by atoms with E-state index in [1.54, 1.807) is 0 Å². The average Bonchev–Trinajstić information content (AvgIpc) is 2.75. The molecule has 0 spiro atoms. The van der Waals surface area contributed by atoms with Gasteiger partial charge < -0.3 is 10.2 Å². The van der Waals surface area contributed by atoms with Crippen LogP contribution < -0.4 is 5.32 Å². The van der Waals surface area contributed by atoms with Crippen molar-refractivity contribution < 1.29 is 4.79 Å². The molecule has 2 heterocycles. The third kappa shape index (κ3) is 8.72. The van der Waals surface area contributed by atoms with Gasteiger partial charge in [0, 0.05) is 23.2 Å². The van der Waals surface area contributed by atoms with Crippen LogP contribution in [0, 0.1) is 0 Å². The molecule has 1 amide bonds. The van der Waals surface area contributed by atoms with Crippen LogP contribution in [0.4, 0.5) is 0 Å². The Morgan fingerprint density at radius 3 is 2.86 bits per heavy atom. The Balaban J connectivity index is 1.23. The van der Waals surface area contributed by atoms with Gasteiger partial charge in [-0.15, -0.1) is 23.5 Å². The molecule has 1 aromatic carbocycles. The van der Waals surface area contributed by atoms with Crippen LogP contribution in [0.25, 0.3) is 0 Å². The highest BCUT2D eigenvalue weighted by molar-refractivity contribution is 8.17. The van der Waals surface area contributed by atoms with Gasteiger partial charge in [-0.3, -0.25) is 4.79 Å². The maximum Gasteiger partial charge on any atom is 0.219 e. The fourth-order valence-corrected chi connectivity index (χ4v) is 7.69. The molecule has 3 nitrogen and oxygen atoms in total. The smallest absolute Gasteiger partial charge is 0.219 e. The van der Waals surface area contributed by atoms with Crippen LogP contribution >= 0.6 is 35.1 Å². The van der Waals surface area contributed by atoms with Crippen molar-refractivity contribution in [3.8, 4) is 0 Å². The number of nitrogens with zero attached hydrogens (tertiary/aromatic N) is 1. The molecule has 0 radical (unpaired) electrons. The SMILES string of the molecule is O=C(CCCCC1CCSC(c2cccc(Cl)c2)S1)NCCCN1CCCCC1. The van der Waals surface area contributed by atoms with Gasteiger partial charge in [-0.05, 0) is 81.6 Å². The van der Waals surface area contributed by atoms with Crippen molar-refractivity contribution in [3.05, 3.63) is 34.9 Å². The number of benzene rings is 1. The first-order valence-corrected chi connectivity index (χ1v) is 13.6. The number of likely N-dealkylation sites (tertiary alicyclic amines) is 1. The number of carbonyl (C=O) groups excluding carboxylic acids is 1. The molecule has 0 bridgehead atoms. The van der Waals surface area contributed by atoms with Crippen LogP contribution in [0.3, 0.4) is 0 Å². The van der Waals surface area contributed by atoms with Crippen LogP contribution in [0.5, 0.6) is 0 Å². The van der Waals surface area contributed by atoms with Crippen LogP contribution in [-0.2, 0) is 4.79 Å². The number of amides is 1. The molecular weight excluding hydrogens is 420 g/mol. The van der Waals surface area contributed by atoms with Gasteiger partial charge >= 0.3 is 0 Å². The van der Waals surface area contributed by atoms with E-state index in [1.165, 1.54) is 56.5 Å². The zero-order valence-electron chi connectivity index (χ0n) is 17.4. The van der Waals surface area contributed by atoms with E-state index < -0.39 is 0 Å². The average molecular weight is 455 g/mol. The summed E-state index contributed by atoms with van der Waals surface area (Å²) in [6.45, 7) is 4.44. The highest BCUT2D eigenvalue weighted by atomic mass is 35.5. The Morgan fingerprint density at radius 1 is 1.17 bits per heavy atom. The van der Waals surface area contributed by atoms with Gasteiger partial charge in [0.15, 0.2) is 0 Å². The summed E-state index contributed by atoms with van der Waals surface area (Å²) in [5.74, 6) is 1.44. The number of carbonyl (C=O) groups is 1. The van der Waals surface area contributed by atoms with Crippen molar-refractivity contribution in [2.75, 3.05) is 31.9 Å². The summed E-state index contributed by atoms with van der Waals surface area (Å²) in [6.07, 6.45) is 10.4. The van der Waals surface area contributed by atoms with Crippen molar-refractivity contribution in [1.82, 2.24) is 10.2 Å². The Morgan fingerprint density at radius 2 is 2.03 bits per heavy atom. The molecule has 2 atom stereocenters. The Hall–Kier alpha value is -0.360. The second-order valence-electron chi connectivity index (χ2n) is 8.16. The lowest BCUT2D eigenvalue weighted by atomic mass is 10.1. The molecule has 1 N–H and O–H groups in total. The van der Waals surface area contributed by atoms with E-state index in [4.69, 9.17) is 11.6 Å². The van der Waals surface area contributed by atoms with Crippen molar-refractivity contribution in [1.29, 1.82) is 0 Å². The Kier molecular flexibility index (Phi) is 10.6. The molecule has 2 aliphatic heterocycles. The minimum Gasteiger partial charge on any atom is -0.356 e. The number of nitrogens with one attached hydrogen (secondary N) is 1. The molecule has 162 valence electrons. The molecule has 2 unspecified atom stereocenters. The highest BCUT2D eigenvalue weighted by Crippen LogP contribution is 2.48. The van der Waals surface area contributed by atoms with Crippen LogP contribution in [-0.4, -0.2) is 48.0 Å². The summed E-state index contributed by atoms with van der Waals surface area (Å²) in [6, 6.07) is 8.28. The van der Waals surface area contributed by atoms with E-state index >= 15 is 0 Å². The van der Waals surface area contributed by atoms with Gasteiger partial charge in [-0.2, -0.15) is 0 Å². The number of hydrogen-bond acceptors (Lipinski definition) is 4. The zero-order valence-corrected chi connectivity index (χ0v) is 19.8. The topological polar surface area (TPSA) is 32.3 Å². The molecule has 0 aromatic heterocycles. The summed E-state index contributed by atoms with van der Waals surface area (Å²) in [7, 11) is 0. The van der Waals surface area contributed by atoms with E-state index in [9.17, 15) is 4.79 Å². The van der Waals surface area contributed by atoms with Crippen molar-refractivity contribution in [3.63, 3.8) is 0 Å². The summed E-state index contributed by atoms with van der Waals surface area (Å²) in [5, 5.41) is 4.64. The molecule has 29 heavy (non-hydrogen) atoms.